The van der Waals surface area contributed by atoms with E-state index >= 15 is 0 Å². The number of nitrogens with zero attached hydrogens (tertiary/aromatic N) is 2. The van der Waals surface area contributed by atoms with Crippen molar-refractivity contribution < 1.29 is 4.39 Å². The van der Waals surface area contributed by atoms with E-state index in [1.54, 1.807) is 17.1 Å². The Bertz CT molecular complexity index is 257. The summed E-state index contributed by atoms with van der Waals surface area (Å²) >= 11 is 0. The highest BCUT2D eigenvalue weighted by Crippen LogP contribution is 2.14. The summed E-state index contributed by atoms with van der Waals surface area (Å²) in [5, 5.41) is 4.05. The molecule has 0 aliphatic carbocycles. The first-order valence-electron chi connectivity index (χ1n) is 4.50. The zero-order valence-electron chi connectivity index (χ0n) is 8.07. The number of halogens is 1. The van der Waals surface area contributed by atoms with Crippen LogP contribution in [-0.2, 0) is 6.54 Å². The van der Waals surface area contributed by atoms with E-state index in [4.69, 9.17) is 5.73 Å². The van der Waals surface area contributed by atoms with Crippen molar-refractivity contribution in [3.8, 4) is 0 Å². The lowest BCUT2D eigenvalue weighted by atomic mass is 10.2. The molecule has 1 aromatic rings. The highest BCUT2D eigenvalue weighted by molar-refractivity contribution is 5.08. The zero-order chi connectivity index (χ0) is 9.84. The molecule has 0 radical (unpaired) electrons. The first-order chi connectivity index (χ1) is 6.13. The van der Waals surface area contributed by atoms with Crippen molar-refractivity contribution in [1.29, 1.82) is 0 Å². The van der Waals surface area contributed by atoms with Gasteiger partial charge in [-0.3, -0.25) is 4.68 Å². The van der Waals surface area contributed by atoms with Gasteiger partial charge in [-0.1, -0.05) is 13.8 Å². The molecule has 0 saturated heterocycles. The van der Waals surface area contributed by atoms with Crippen LogP contribution in [0.25, 0.3) is 0 Å². The van der Waals surface area contributed by atoms with Crippen LogP contribution in [0.3, 0.4) is 0 Å². The Kier molecular flexibility index (Phi) is 3.42. The molecule has 2 N–H and O–H groups in total. The van der Waals surface area contributed by atoms with E-state index in [2.05, 4.69) is 18.9 Å². The van der Waals surface area contributed by atoms with E-state index in [1.165, 1.54) is 0 Å². The minimum Gasteiger partial charge on any atom is -0.327 e. The van der Waals surface area contributed by atoms with Crippen molar-refractivity contribution in [2.75, 3.05) is 6.54 Å². The Labute approximate surface area is 77.7 Å². The highest BCUT2D eigenvalue weighted by Gasteiger charge is 2.09. The van der Waals surface area contributed by atoms with E-state index in [1.807, 2.05) is 0 Å². The van der Waals surface area contributed by atoms with E-state index in [-0.39, 0.29) is 6.54 Å². The maximum absolute atomic E-state index is 13.0. The molecule has 0 bridgehead atoms. The van der Waals surface area contributed by atoms with E-state index in [0.717, 1.165) is 6.54 Å². The fourth-order valence-corrected chi connectivity index (χ4v) is 1.15. The Morgan fingerprint density at radius 2 is 2.31 bits per heavy atom. The average molecular weight is 185 g/mol. The molecule has 1 heterocycles. The Hall–Kier alpha value is -0.900. The first kappa shape index (κ1) is 10.2. The van der Waals surface area contributed by atoms with Gasteiger partial charge in [0, 0.05) is 24.8 Å². The second-order valence-corrected chi connectivity index (χ2v) is 3.59. The van der Waals surface area contributed by atoms with Crippen LogP contribution >= 0.6 is 0 Å². The maximum atomic E-state index is 13.0. The molecule has 3 nitrogen and oxygen atoms in total. The zero-order valence-corrected chi connectivity index (χ0v) is 8.07. The number of hydrogen-bond acceptors (Lipinski definition) is 2. The van der Waals surface area contributed by atoms with E-state index in [9.17, 15) is 4.39 Å². The molecule has 0 aliphatic heterocycles. The quantitative estimate of drug-likeness (QED) is 0.772. The smallest absolute Gasteiger partial charge is 0.140 e. The molecular weight excluding hydrogens is 169 g/mol. The van der Waals surface area contributed by atoms with Crippen molar-refractivity contribution in [3.63, 3.8) is 0 Å². The predicted octanol–water partition coefficient (Wildman–Crippen LogP) is 1.51. The van der Waals surface area contributed by atoms with Crippen molar-refractivity contribution in [2.24, 2.45) is 11.7 Å². The highest BCUT2D eigenvalue weighted by atomic mass is 19.1. The Morgan fingerprint density at radius 1 is 1.62 bits per heavy atom. The predicted molar refractivity (Wildman–Crippen MR) is 50.0 cm³/mol. The second kappa shape index (κ2) is 4.37. The topological polar surface area (TPSA) is 43.8 Å². The molecule has 1 rings (SSSR count). The largest absolute Gasteiger partial charge is 0.327 e. The molecule has 1 atom stereocenters. The molecule has 0 spiro atoms. The van der Waals surface area contributed by atoms with Gasteiger partial charge in [0.1, 0.15) is 6.17 Å². The molecule has 0 fully saturated rings. The number of nitrogens with two attached hydrogens (primary N) is 1. The molecule has 0 amide bonds. The van der Waals surface area contributed by atoms with Gasteiger partial charge in [-0.2, -0.15) is 5.10 Å². The fourth-order valence-electron chi connectivity index (χ4n) is 1.15. The van der Waals surface area contributed by atoms with Gasteiger partial charge >= 0.3 is 0 Å². The van der Waals surface area contributed by atoms with E-state index < -0.39 is 6.17 Å². The van der Waals surface area contributed by atoms with Crippen LogP contribution in [0.1, 0.15) is 25.6 Å². The SMILES string of the molecule is CC(C)Cn1cc(C(F)CN)cn1. The molecule has 74 valence electrons. The van der Waals surface area contributed by atoms with Gasteiger partial charge in [-0.05, 0) is 5.92 Å². The minimum absolute atomic E-state index is 0.0212. The molecule has 1 unspecified atom stereocenters. The fraction of sp³-hybridized carbons (Fsp3) is 0.667. The molecule has 0 aliphatic rings. The van der Waals surface area contributed by atoms with Gasteiger partial charge < -0.3 is 5.73 Å². The number of hydrogen-bond donors (Lipinski definition) is 1. The maximum Gasteiger partial charge on any atom is 0.140 e. The molecular formula is C9H16FN3. The summed E-state index contributed by atoms with van der Waals surface area (Å²) in [4.78, 5) is 0. The van der Waals surface area contributed by atoms with Crippen molar-refractivity contribution in [1.82, 2.24) is 9.78 Å². The van der Waals surface area contributed by atoms with Crippen molar-refractivity contribution >= 4 is 0 Å². The first-order valence-corrected chi connectivity index (χ1v) is 4.50. The monoisotopic (exact) mass is 185 g/mol. The lowest BCUT2D eigenvalue weighted by Crippen LogP contribution is -2.07. The summed E-state index contributed by atoms with van der Waals surface area (Å²) in [5.41, 5.74) is 5.77. The van der Waals surface area contributed by atoms with Crippen LogP contribution in [0.5, 0.6) is 0 Å². The second-order valence-electron chi connectivity index (χ2n) is 3.59. The van der Waals surface area contributed by atoms with E-state index in [0.29, 0.717) is 11.5 Å². The van der Waals surface area contributed by atoms with Gasteiger partial charge in [0.15, 0.2) is 0 Å². The summed E-state index contributed by atoms with van der Waals surface area (Å²) in [5.74, 6) is 0.517. The number of aromatic nitrogens is 2. The molecule has 13 heavy (non-hydrogen) atoms. The van der Waals surface area contributed by atoms with Gasteiger partial charge in [-0.25, -0.2) is 4.39 Å². The summed E-state index contributed by atoms with van der Waals surface area (Å²) in [7, 11) is 0. The minimum atomic E-state index is -1.08. The number of rotatable bonds is 4. The lowest BCUT2D eigenvalue weighted by molar-refractivity contribution is 0.352. The third kappa shape index (κ3) is 2.81. The van der Waals surface area contributed by atoms with Crippen LogP contribution in [0, 0.1) is 5.92 Å². The summed E-state index contributed by atoms with van der Waals surface area (Å²) in [6.07, 6.45) is 2.18. The lowest BCUT2D eigenvalue weighted by Gasteiger charge is -2.04. The molecule has 0 aromatic carbocycles. The Balaban J connectivity index is 2.63. The third-order valence-corrected chi connectivity index (χ3v) is 1.77. The third-order valence-electron chi connectivity index (χ3n) is 1.77. The van der Waals surface area contributed by atoms with Gasteiger partial charge in [0.2, 0.25) is 0 Å². The average Bonchev–Trinajstić information content (AvgIpc) is 2.50. The van der Waals surface area contributed by atoms with Gasteiger partial charge in [-0.15, -0.1) is 0 Å². The van der Waals surface area contributed by atoms with Crippen molar-refractivity contribution in [2.45, 2.75) is 26.6 Å². The van der Waals surface area contributed by atoms with Crippen molar-refractivity contribution in [3.05, 3.63) is 18.0 Å². The summed E-state index contributed by atoms with van der Waals surface area (Å²) in [6.45, 7) is 5.03. The summed E-state index contributed by atoms with van der Waals surface area (Å²) in [6, 6.07) is 0. The summed E-state index contributed by atoms with van der Waals surface area (Å²) < 4.78 is 14.8. The van der Waals surface area contributed by atoms with Crippen LogP contribution in [0.15, 0.2) is 12.4 Å². The van der Waals surface area contributed by atoms with Gasteiger partial charge in [0.25, 0.3) is 0 Å². The molecule has 1 aromatic heterocycles. The van der Waals surface area contributed by atoms with Gasteiger partial charge in [0.05, 0.1) is 6.20 Å². The normalized spacial score (nSPS) is 13.6. The molecule has 0 saturated carbocycles. The Morgan fingerprint density at radius 3 is 2.85 bits per heavy atom. The van der Waals surface area contributed by atoms with Crippen LogP contribution in [-0.4, -0.2) is 16.3 Å². The number of alkyl halides is 1. The standard InChI is InChI=1S/C9H16FN3/c1-7(2)5-13-6-8(4-12-13)9(10)3-11/h4,6-7,9H,3,5,11H2,1-2H3. The van der Waals surface area contributed by atoms with Crippen LogP contribution < -0.4 is 5.73 Å². The molecule has 4 heteroatoms. The van der Waals surface area contributed by atoms with Crippen LogP contribution in [0.4, 0.5) is 4.39 Å². The van der Waals surface area contributed by atoms with Crippen LogP contribution in [0.2, 0.25) is 0 Å².